The first-order valence-electron chi connectivity index (χ1n) is 5.47. The number of rotatable bonds is 5. The molecule has 1 rings (SSSR count). The van der Waals surface area contributed by atoms with Crippen LogP contribution in [0.5, 0.6) is 0 Å². The van der Waals surface area contributed by atoms with Gasteiger partial charge in [-0.05, 0) is 11.8 Å². The predicted octanol–water partition coefficient (Wildman–Crippen LogP) is 0.609. The molecule has 2 N–H and O–H groups in total. The van der Waals surface area contributed by atoms with Crippen LogP contribution in [0.2, 0.25) is 0 Å². The number of carbonyl (C=O) groups excluding carboxylic acids is 1. The smallest absolute Gasteiger partial charge is 0.224 e. The first kappa shape index (κ1) is 12.5. The zero-order valence-electron chi connectivity index (χ0n) is 9.95. The minimum atomic E-state index is 0.0238. The standard InChI is InChI=1S/C11H22N2O2/c1-11(2,4-5-15-3)8-13-7-9(12)6-10(13)14/h9H,4-8,12H2,1-3H3. The highest BCUT2D eigenvalue weighted by molar-refractivity contribution is 5.79. The van der Waals surface area contributed by atoms with Crippen molar-refractivity contribution < 1.29 is 9.53 Å². The van der Waals surface area contributed by atoms with Crippen molar-refractivity contribution >= 4 is 5.91 Å². The molecule has 88 valence electrons. The third-order valence-corrected chi connectivity index (χ3v) is 2.85. The summed E-state index contributed by atoms with van der Waals surface area (Å²) in [7, 11) is 1.70. The molecule has 15 heavy (non-hydrogen) atoms. The molecule has 0 aromatic carbocycles. The maximum absolute atomic E-state index is 11.6. The van der Waals surface area contributed by atoms with Crippen LogP contribution in [0.25, 0.3) is 0 Å². The van der Waals surface area contributed by atoms with E-state index in [1.54, 1.807) is 7.11 Å². The zero-order chi connectivity index (χ0) is 11.5. The van der Waals surface area contributed by atoms with E-state index in [1.807, 2.05) is 4.90 Å². The maximum Gasteiger partial charge on any atom is 0.224 e. The van der Waals surface area contributed by atoms with Gasteiger partial charge < -0.3 is 15.4 Å². The summed E-state index contributed by atoms with van der Waals surface area (Å²) in [4.78, 5) is 13.4. The molecule has 1 unspecified atom stereocenters. The van der Waals surface area contributed by atoms with E-state index < -0.39 is 0 Å². The summed E-state index contributed by atoms with van der Waals surface area (Å²) < 4.78 is 5.06. The highest BCUT2D eigenvalue weighted by Crippen LogP contribution is 2.24. The number of ether oxygens (including phenoxy) is 1. The molecule has 1 amide bonds. The molecule has 0 spiro atoms. The van der Waals surface area contributed by atoms with Crippen molar-refractivity contribution in [1.82, 2.24) is 4.90 Å². The molecule has 1 aliphatic heterocycles. The Hall–Kier alpha value is -0.610. The first-order valence-corrected chi connectivity index (χ1v) is 5.47. The largest absolute Gasteiger partial charge is 0.385 e. The molecule has 0 bridgehead atoms. The second kappa shape index (κ2) is 4.94. The van der Waals surface area contributed by atoms with Crippen molar-refractivity contribution in [2.75, 3.05) is 26.8 Å². The number of amides is 1. The minimum absolute atomic E-state index is 0.0238. The Morgan fingerprint density at radius 3 is 2.73 bits per heavy atom. The van der Waals surface area contributed by atoms with E-state index >= 15 is 0 Å². The zero-order valence-corrected chi connectivity index (χ0v) is 9.95. The van der Waals surface area contributed by atoms with Crippen molar-refractivity contribution in [3.8, 4) is 0 Å². The average molecular weight is 214 g/mol. The number of nitrogens with two attached hydrogens (primary N) is 1. The molecule has 1 aliphatic rings. The molecule has 0 radical (unpaired) electrons. The summed E-state index contributed by atoms with van der Waals surface area (Å²) in [5.74, 6) is 0.188. The van der Waals surface area contributed by atoms with Crippen molar-refractivity contribution in [1.29, 1.82) is 0 Å². The second-order valence-corrected chi connectivity index (χ2v) is 5.15. The van der Waals surface area contributed by atoms with Crippen molar-refractivity contribution in [3.63, 3.8) is 0 Å². The van der Waals surface area contributed by atoms with Crippen molar-refractivity contribution in [3.05, 3.63) is 0 Å². The fourth-order valence-corrected chi connectivity index (χ4v) is 1.93. The molecule has 0 aromatic heterocycles. The fourth-order valence-electron chi connectivity index (χ4n) is 1.93. The van der Waals surface area contributed by atoms with Crippen LogP contribution in [0.1, 0.15) is 26.7 Å². The predicted molar refractivity (Wildman–Crippen MR) is 59.4 cm³/mol. The summed E-state index contributed by atoms with van der Waals surface area (Å²) in [6.07, 6.45) is 1.46. The number of nitrogens with zero attached hydrogens (tertiary/aromatic N) is 1. The van der Waals surface area contributed by atoms with Gasteiger partial charge in [-0.3, -0.25) is 4.79 Å². The Bertz CT molecular complexity index is 229. The van der Waals surface area contributed by atoms with Crippen LogP contribution in [-0.2, 0) is 9.53 Å². The number of carbonyl (C=O) groups is 1. The summed E-state index contributed by atoms with van der Waals surface area (Å²) in [5, 5.41) is 0. The summed E-state index contributed by atoms with van der Waals surface area (Å²) in [6.45, 7) is 6.53. The molecule has 0 aromatic rings. The van der Waals surface area contributed by atoms with Gasteiger partial charge in [-0.1, -0.05) is 13.8 Å². The van der Waals surface area contributed by atoms with E-state index in [2.05, 4.69) is 13.8 Å². The summed E-state index contributed by atoms with van der Waals surface area (Å²) in [5.41, 5.74) is 5.85. The molecule has 4 nitrogen and oxygen atoms in total. The Kier molecular flexibility index (Phi) is 4.11. The molecule has 1 fully saturated rings. The normalized spacial score (nSPS) is 22.5. The van der Waals surface area contributed by atoms with Crippen LogP contribution in [0.4, 0.5) is 0 Å². The Morgan fingerprint density at radius 1 is 1.60 bits per heavy atom. The van der Waals surface area contributed by atoms with Gasteiger partial charge >= 0.3 is 0 Å². The lowest BCUT2D eigenvalue weighted by molar-refractivity contribution is -0.129. The Balaban J connectivity index is 2.42. The van der Waals surface area contributed by atoms with E-state index in [9.17, 15) is 4.79 Å². The fraction of sp³-hybridized carbons (Fsp3) is 0.909. The van der Waals surface area contributed by atoms with Crippen LogP contribution < -0.4 is 5.73 Å². The third kappa shape index (κ3) is 3.80. The van der Waals surface area contributed by atoms with Gasteiger partial charge in [0.15, 0.2) is 0 Å². The number of hydrogen-bond donors (Lipinski definition) is 1. The van der Waals surface area contributed by atoms with Crippen LogP contribution in [0.15, 0.2) is 0 Å². The van der Waals surface area contributed by atoms with Crippen LogP contribution in [-0.4, -0.2) is 43.7 Å². The van der Waals surface area contributed by atoms with Gasteiger partial charge in [0.1, 0.15) is 0 Å². The molecule has 0 saturated carbocycles. The van der Waals surface area contributed by atoms with Gasteiger partial charge in [0.2, 0.25) is 5.91 Å². The SMILES string of the molecule is COCCC(C)(C)CN1CC(N)CC1=O. The molecule has 1 atom stereocenters. The van der Waals surface area contributed by atoms with E-state index in [1.165, 1.54) is 0 Å². The van der Waals surface area contributed by atoms with Gasteiger partial charge in [-0.25, -0.2) is 0 Å². The monoisotopic (exact) mass is 214 g/mol. The number of methoxy groups -OCH3 is 1. The molecule has 0 aliphatic carbocycles. The lowest BCUT2D eigenvalue weighted by Gasteiger charge is -2.30. The van der Waals surface area contributed by atoms with E-state index in [0.717, 1.165) is 19.6 Å². The van der Waals surface area contributed by atoms with Crippen LogP contribution in [0, 0.1) is 5.41 Å². The van der Waals surface area contributed by atoms with Crippen LogP contribution >= 0.6 is 0 Å². The third-order valence-electron chi connectivity index (χ3n) is 2.85. The maximum atomic E-state index is 11.6. The number of likely N-dealkylation sites (tertiary alicyclic amines) is 1. The van der Waals surface area contributed by atoms with Crippen LogP contribution in [0.3, 0.4) is 0 Å². The molecule has 4 heteroatoms. The van der Waals surface area contributed by atoms with Crippen molar-refractivity contribution in [2.45, 2.75) is 32.7 Å². The molecular formula is C11H22N2O2. The topological polar surface area (TPSA) is 55.6 Å². The Labute approximate surface area is 91.8 Å². The molecule has 1 heterocycles. The first-order chi connectivity index (χ1) is 6.94. The lowest BCUT2D eigenvalue weighted by Crippen LogP contribution is -2.37. The number of hydrogen-bond acceptors (Lipinski definition) is 3. The van der Waals surface area contributed by atoms with E-state index in [0.29, 0.717) is 13.0 Å². The summed E-state index contributed by atoms with van der Waals surface area (Å²) >= 11 is 0. The van der Waals surface area contributed by atoms with E-state index in [4.69, 9.17) is 10.5 Å². The minimum Gasteiger partial charge on any atom is -0.385 e. The quantitative estimate of drug-likeness (QED) is 0.729. The van der Waals surface area contributed by atoms with Crippen molar-refractivity contribution in [2.24, 2.45) is 11.1 Å². The van der Waals surface area contributed by atoms with Gasteiger partial charge in [-0.15, -0.1) is 0 Å². The lowest BCUT2D eigenvalue weighted by atomic mass is 9.89. The van der Waals surface area contributed by atoms with Gasteiger partial charge in [0, 0.05) is 39.3 Å². The second-order valence-electron chi connectivity index (χ2n) is 5.15. The molecule has 1 saturated heterocycles. The highest BCUT2D eigenvalue weighted by atomic mass is 16.5. The van der Waals surface area contributed by atoms with Gasteiger partial charge in [-0.2, -0.15) is 0 Å². The van der Waals surface area contributed by atoms with E-state index in [-0.39, 0.29) is 17.4 Å². The summed E-state index contributed by atoms with van der Waals surface area (Å²) in [6, 6.07) is 0.0238. The van der Waals surface area contributed by atoms with Gasteiger partial charge in [0.05, 0.1) is 0 Å². The average Bonchev–Trinajstić information content (AvgIpc) is 2.41. The molecular weight excluding hydrogens is 192 g/mol. The highest BCUT2D eigenvalue weighted by Gasteiger charge is 2.31. The van der Waals surface area contributed by atoms with Gasteiger partial charge in [0.25, 0.3) is 0 Å². The Morgan fingerprint density at radius 2 is 2.27 bits per heavy atom.